The van der Waals surface area contributed by atoms with Crippen molar-refractivity contribution in [3.05, 3.63) is 35.6 Å². The van der Waals surface area contributed by atoms with Crippen LogP contribution in [0.25, 0.3) is 0 Å². The molecule has 19 heavy (non-hydrogen) atoms. The monoisotopic (exact) mass is 286 g/mol. The summed E-state index contributed by atoms with van der Waals surface area (Å²) in [6, 6.07) is 6.09. The van der Waals surface area contributed by atoms with Crippen molar-refractivity contribution in [2.75, 3.05) is 19.6 Å². The summed E-state index contributed by atoms with van der Waals surface area (Å²) in [6.45, 7) is 4.21. The van der Waals surface area contributed by atoms with Crippen LogP contribution in [0.5, 0.6) is 0 Å². The second kappa shape index (κ2) is 6.35. The van der Waals surface area contributed by atoms with E-state index in [4.69, 9.17) is 5.73 Å². The van der Waals surface area contributed by atoms with Crippen LogP contribution < -0.4 is 5.73 Å². The Morgan fingerprint density at radius 1 is 1.42 bits per heavy atom. The Balaban J connectivity index is 0.00000180. The fourth-order valence-corrected chi connectivity index (χ4v) is 2.29. The Kier molecular flexibility index (Phi) is 5.32. The standard InChI is InChI=1S/C14H19FN2O.ClH/c1-14(9-16)6-7-17(10-14)13(18)8-11-2-4-12(15)5-3-11;/h2-5H,6-10,16H2,1H3;1H. The first-order valence-electron chi connectivity index (χ1n) is 6.25. The van der Waals surface area contributed by atoms with Crippen LogP contribution in [0.4, 0.5) is 4.39 Å². The molecule has 1 heterocycles. The van der Waals surface area contributed by atoms with Crippen LogP contribution >= 0.6 is 12.4 Å². The van der Waals surface area contributed by atoms with E-state index in [1.165, 1.54) is 12.1 Å². The Labute approximate surface area is 119 Å². The van der Waals surface area contributed by atoms with Crippen LogP contribution in [0.2, 0.25) is 0 Å². The molecule has 3 nitrogen and oxygen atoms in total. The van der Waals surface area contributed by atoms with Gasteiger partial charge in [0, 0.05) is 13.1 Å². The molecule has 1 aromatic rings. The molecule has 0 radical (unpaired) electrons. The zero-order chi connectivity index (χ0) is 13.2. The molecule has 1 aromatic carbocycles. The zero-order valence-electron chi connectivity index (χ0n) is 11.1. The molecule has 1 unspecified atom stereocenters. The average molecular weight is 287 g/mol. The second-order valence-electron chi connectivity index (χ2n) is 5.38. The van der Waals surface area contributed by atoms with Gasteiger partial charge in [-0.3, -0.25) is 4.79 Å². The maximum atomic E-state index is 12.8. The lowest BCUT2D eigenvalue weighted by Gasteiger charge is -2.22. The van der Waals surface area contributed by atoms with Crippen LogP contribution in [-0.2, 0) is 11.2 Å². The van der Waals surface area contributed by atoms with E-state index in [0.29, 0.717) is 13.0 Å². The van der Waals surface area contributed by atoms with E-state index in [9.17, 15) is 9.18 Å². The molecular formula is C14H20ClFN2O. The molecule has 0 aromatic heterocycles. The van der Waals surface area contributed by atoms with Crippen molar-refractivity contribution in [3.8, 4) is 0 Å². The van der Waals surface area contributed by atoms with Gasteiger partial charge in [-0.15, -0.1) is 12.4 Å². The van der Waals surface area contributed by atoms with Crippen molar-refractivity contribution < 1.29 is 9.18 Å². The molecular weight excluding hydrogens is 267 g/mol. The number of nitrogens with zero attached hydrogens (tertiary/aromatic N) is 1. The molecule has 0 saturated carbocycles. The fourth-order valence-electron chi connectivity index (χ4n) is 2.29. The molecule has 0 spiro atoms. The van der Waals surface area contributed by atoms with Crippen molar-refractivity contribution in [3.63, 3.8) is 0 Å². The number of carbonyl (C=O) groups is 1. The van der Waals surface area contributed by atoms with Gasteiger partial charge in [0.25, 0.3) is 0 Å². The van der Waals surface area contributed by atoms with Gasteiger partial charge in [-0.05, 0) is 36.1 Å². The quantitative estimate of drug-likeness (QED) is 0.924. The third-order valence-corrected chi connectivity index (χ3v) is 3.67. The molecule has 2 N–H and O–H groups in total. The number of nitrogens with two attached hydrogens (primary N) is 1. The molecule has 0 bridgehead atoms. The first-order valence-corrected chi connectivity index (χ1v) is 6.25. The van der Waals surface area contributed by atoms with E-state index >= 15 is 0 Å². The molecule has 0 aliphatic carbocycles. The number of hydrogen-bond donors (Lipinski definition) is 1. The molecule has 106 valence electrons. The van der Waals surface area contributed by atoms with Crippen molar-refractivity contribution in [1.82, 2.24) is 4.90 Å². The predicted molar refractivity (Wildman–Crippen MR) is 75.7 cm³/mol. The minimum absolute atomic E-state index is 0. The number of benzene rings is 1. The topological polar surface area (TPSA) is 46.3 Å². The first-order chi connectivity index (χ1) is 8.52. The van der Waals surface area contributed by atoms with E-state index in [0.717, 1.165) is 25.1 Å². The molecule has 1 amide bonds. The maximum absolute atomic E-state index is 12.8. The smallest absolute Gasteiger partial charge is 0.227 e. The summed E-state index contributed by atoms with van der Waals surface area (Å²) in [7, 11) is 0. The van der Waals surface area contributed by atoms with Gasteiger partial charge < -0.3 is 10.6 Å². The lowest BCUT2D eigenvalue weighted by molar-refractivity contribution is -0.129. The Hall–Kier alpha value is -1.13. The fraction of sp³-hybridized carbons (Fsp3) is 0.500. The molecule has 1 fully saturated rings. The van der Waals surface area contributed by atoms with E-state index in [2.05, 4.69) is 6.92 Å². The van der Waals surface area contributed by atoms with Crippen LogP contribution in [-0.4, -0.2) is 30.4 Å². The lowest BCUT2D eigenvalue weighted by Crippen LogP contribution is -2.35. The highest BCUT2D eigenvalue weighted by Crippen LogP contribution is 2.28. The minimum Gasteiger partial charge on any atom is -0.342 e. The number of likely N-dealkylation sites (tertiary alicyclic amines) is 1. The summed E-state index contributed by atoms with van der Waals surface area (Å²) in [6.07, 6.45) is 1.29. The van der Waals surface area contributed by atoms with Crippen molar-refractivity contribution in [2.45, 2.75) is 19.8 Å². The van der Waals surface area contributed by atoms with Crippen LogP contribution in [0, 0.1) is 11.2 Å². The number of hydrogen-bond acceptors (Lipinski definition) is 2. The highest BCUT2D eigenvalue weighted by atomic mass is 35.5. The van der Waals surface area contributed by atoms with Gasteiger partial charge in [0.2, 0.25) is 5.91 Å². The number of carbonyl (C=O) groups excluding carboxylic acids is 1. The highest BCUT2D eigenvalue weighted by molar-refractivity contribution is 5.85. The summed E-state index contributed by atoms with van der Waals surface area (Å²) in [5, 5.41) is 0. The van der Waals surface area contributed by atoms with Gasteiger partial charge in [0.05, 0.1) is 6.42 Å². The molecule has 2 rings (SSSR count). The van der Waals surface area contributed by atoms with Gasteiger partial charge in [-0.1, -0.05) is 19.1 Å². The maximum Gasteiger partial charge on any atom is 0.227 e. The third-order valence-electron chi connectivity index (χ3n) is 3.67. The molecule has 5 heteroatoms. The van der Waals surface area contributed by atoms with E-state index in [-0.39, 0.29) is 29.5 Å². The second-order valence-corrected chi connectivity index (χ2v) is 5.38. The Bertz CT molecular complexity index is 438. The summed E-state index contributed by atoms with van der Waals surface area (Å²) >= 11 is 0. The van der Waals surface area contributed by atoms with Gasteiger partial charge in [-0.2, -0.15) is 0 Å². The number of amides is 1. The van der Waals surface area contributed by atoms with Crippen molar-refractivity contribution >= 4 is 18.3 Å². The largest absolute Gasteiger partial charge is 0.342 e. The third kappa shape index (κ3) is 3.91. The van der Waals surface area contributed by atoms with E-state index < -0.39 is 0 Å². The zero-order valence-corrected chi connectivity index (χ0v) is 11.9. The Morgan fingerprint density at radius 3 is 2.58 bits per heavy atom. The normalized spacial score (nSPS) is 22.2. The Morgan fingerprint density at radius 2 is 2.05 bits per heavy atom. The molecule has 1 atom stereocenters. The summed E-state index contributed by atoms with van der Waals surface area (Å²) in [4.78, 5) is 14.0. The van der Waals surface area contributed by atoms with Crippen molar-refractivity contribution in [1.29, 1.82) is 0 Å². The molecule has 1 saturated heterocycles. The molecule has 1 aliphatic rings. The van der Waals surface area contributed by atoms with Crippen LogP contribution in [0.1, 0.15) is 18.9 Å². The van der Waals surface area contributed by atoms with Crippen LogP contribution in [0.3, 0.4) is 0 Å². The number of halogens is 2. The van der Waals surface area contributed by atoms with Gasteiger partial charge >= 0.3 is 0 Å². The van der Waals surface area contributed by atoms with Gasteiger partial charge in [-0.25, -0.2) is 4.39 Å². The van der Waals surface area contributed by atoms with Crippen LogP contribution in [0.15, 0.2) is 24.3 Å². The highest BCUT2D eigenvalue weighted by Gasteiger charge is 2.34. The summed E-state index contributed by atoms with van der Waals surface area (Å²) in [5.41, 5.74) is 6.62. The first kappa shape index (κ1) is 15.9. The van der Waals surface area contributed by atoms with E-state index in [1.54, 1.807) is 12.1 Å². The molecule has 1 aliphatic heterocycles. The van der Waals surface area contributed by atoms with Gasteiger partial charge in [0.1, 0.15) is 5.82 Å². The summed E-state index contributed by atoms with van der Waals surface area (Å²) in [5.74, 6) is -0.179. The van der Waals surface area contributed by atoms with Gasteiger partial charge in [0.15, 0.2) is 0 Å². The predicted octanol–water partition coefficient (Wildman–Crippen LogP) is 1.99. The van der Waals surface area contributed by atoms with Crippen molar-refractivity contribution in [2.24, 2.45) is 11.1 Å². The number of rotatable bonds is 3. The minimum atomic E-state index is -0.275. The average Bonchev–Trinajstić information content (AvgIpc) is 2.76. The lowest BCUT2D eigenvalue weighted by atomic mass is 9.90. The summed E-state index contributed by atoms with van der Waals surface area (Å²) < 4.78 is 12.8. The van der Waals surface area contributed by atoms with E-state index in [1.807, 2.05) is 4.90 Å². The SMILES string of the molecule is CC1(CN)CCN(C(=O)Cc2ccc(F)cc2)C1.Cl.